The molecule has 16 heavy (non-hydrogen) atoms. The minimum Gasteiger partial charge on any atom is -0.356 e. The van der Waals surface area contributed by atoms with Gasteiger partial charge in [-0.2, -0.15) is 0 Å². The van der Waals surface area contributed by atoms with E-state index in [1.807, 2.05) is 12.3 Å². The summed E-state index contributed by atoms with van der Waals surface area (Å²) < 4.78 is 0. The molecule has 2 N–H and O–H groups in total. The third-order valence-electron chi connectivity index (χ3n) is 3.38. The van der Waals surface area contributed by atoms with Crippen molar-refractivity contribution in [1.82, 2.24) is 4.98 Å². The second kappa shape index (κ2) is 5.30. The minimum absolute atomic E-state index is 0.750. The van der Waals surface area contributed by atoms with Crippen LogP contribution < -0.4 is 10.6 Å². The highest BCUT2D eigenvalue weighted by Gasteiger charge is 2.20. The van der Waals surface area contributed by atoms with Crippen molar-refractivity contribution in [1.29, 1.82) is 0 Å². The van der Waals surface area contributed by atoms with Crippen molar-refractivity contribution in [2.45, 2.75) is 26.2 Å². The van der Waals surface area contributed by atoms with E-state index in [-0.39, 0.29) is 0 Å². The van der Waals surface area contributed by atoms with Crippen LogP contribution in [0.1, 0.15) is 24.8 Å². The van der Waals surface area contributed by atoms with Crippen LogP contribution in [0.5, 0.6) is 0 Å². The van der Waals surface area contributed by atoms with E-state index >= 15 is 0 Å². The molecule has 1 saturated heterocycles. The summed E-state index contributed by atoms with van der Waals surface area (Å²) >= 11 is 0. The lowest BCUT2D eigenvalue weighted by Crippen LogP contribution is -2.37. The molecule has 3 nitrogen and oxygen atoms in total. The van der Waals surface area contributed by atoms with Crippen LogP contribution in [0.25, 0.3) is 0 Å². The molecule has 3 heteroatoms. The van der Waals surface area contributed by atoms with E-state index in [9.17, 15) is 0 Å². The lowest BCUT2D eigenvalue weighted by atomic mass is 9.94. The summed E-state index contributed by atoms with van der Waals surface area (Å²) in [5, 5.41) is 0. The highest BCUT2D eigenvalue weighted by Crippen LogP contribution is 2.25. The van der Waals surface area contributed by atoms with E-state index in [4.69, 9.17) is 5.73 Å². The predicted molar refractivity (Wildman–Crippen MR) is 67.6 cm³/mol. The monoisotopic (exact) mass is 219 g/mol. The number of nitrogens with zero attached hydrogens (tertiary/aromatic N) is 2. The first-order chi connectivity index (χ1) is 7.81. The van der Waals surface area contributed by atoms with Crippen LogP contribution in [0.3, 0.4) is 0 Å². The van der Waals surface area contributed by atoms with Crippen LogP contribution in [0.4, 0.5) is 5.82 Å². The second-order valence-corrected chi connectivity index (χ2v) is 4.68. The molecule has 0 spiro atoms. The summed E-state index contributed by atoms with van der Waals surface area (Å²) in [5.74, 6) is 1.91. The van der Waals surface area contributed by atoms with E-state index in [2.05, 4.69) is 22.9 Å². The van der Waals surface area contributed by atoms with E-state index in [1.165, 1.54) is 18.4 Å². The van der Waals surface area contributed by atoms with E-state index in [1.54, 1.807) is 0 Å². The largest absolute Gasteiger partial charge is 0.356 e. The molecule has 0 aromatic carbocycles. The summed E-state index contributed by atoms with van der Waals surface area (Å²) in [4.78, 5) is 6.91. The van der Waals surface area contributed by atoms with Gasteiger partial charge in [0, 0.05) is 19.3 Å². The first-order valence-corrected chi connectivity index (χ1v) is 6.18. The number of aromatic nitrogens is 1. The Hall–Kier alpha value is -1.09. The Labute approximate surface area is 97.7 Å². The molecule has 1 unspecified atom stereocenters. The third kappa shape index (κ3) is 2.53. The highest BCUT2D eigenvalue weighted by molar-refractivity contribution is 5.46. The van der Waals surface area contributed by atoms with Gasteiger partial charge < -0.3 is 10.6 Å². The molecule has 0 bridgehead atoms. The number of pyridine rings is 1. The van der Waals surface area contributed by atoms with Gasteiger partial charge in [0.15, 0.2) is 0 Å². The van der Waals surface area contributed by atoms with E-state index in [0.717, 1.165) is 37.8 Å². The van der Waals surface area contributed by atoms with Crippen LogP contribution in [0.15, 0.2) is 18.3 Å². The van der Waals surface area contributed by atoms with Crippen molar-refractivity contribution in [3.05, 3.63) is 23.9 Å². The van der Waals surface area contributed by atoms with Gasteiger partial charge in [-0.15, -0.1) is 0 Å². The number of anilines is 1. The van der Waals surface area contributed by atoms with Gasteiger partial charge in [0.05, 0.1) is 0 Å². The van der Waals surface area contributed by atoms with Gasteiger partial charge >= 0.3 is 0 Å². The zero-order chi connectivity index (χ0) is 11.4. The molecule has 88 valence electrons. The van der Waals surface area contributed by atoms with Gasteiger partial charge in [0.25, 0.3) is 0 Å². The zero-order valence-corrected chi connectivity index (χ0v) is 10.0. The second-order valence-electron chi connectivity index (χ2n) is 4.68. The number of rotatable bonds is 3. The highest BCUT2D eigenvalue weighted by atomic mass is 15.2. The topological polar surface area (TPSA) is 42.2 Å². The Kier molecular flexibility index (Phi) is 3.78. The molecule has 1 atom stereocenters. The fourth-order valence-electron chi connectivity index (χ4n) is 2.54. The average Bonchev–Trinajstić information content (AvgIpc) is 2.30. The minimum atomic E-state index is 0.750. The third-order valence-corrected chi connectivity index (χ3v) is 3.38. The smallest absolute Gasteiger partial charge is 0.131 e. The van der Waals surface area contributed by atoms with Crippen LogP contribution in [-0.2, 0) is 0 Å². The average molecular weight is 219 g/mol. The Balaban J connectivity index is 2.07. The van der Waals surface area contributed by atoms with Crippen molar-refractivity contribution < 1.29 is 0 Å². The van der Waals surface area contributed by atoms with Crippen LogP contribution in [0.2, 0.25) is 0 Å². The fraction of sp³-hybridized carbons (Fsp3) is 0.615. The SMILES string of the molecule is Cc1cccnc1N1CCCC(CCN)C1. The van der Waals surface area contributed by atoms with Crippen LogP contribution in [-0.4, -0.2) is 24.6 Å². The van der Waals surface area contributed by atoms with Crippen molar-refractivity contribution in [3.8, 4) is 0 Å². The van der Waals surface area contributed by atoms with Gasteiger partial charge in [-0.25, -0.2) is 4.98 Å². The number of nitrogens with two attached hydrogens (primary N) is 1. The molecule has 2 rings (SSSR count). The lowest BCUT2D eigenvalue weighted by Gasteiger charge is -2.34. The number of piperidine rings is 1. The van der Waals surface area contributed by atoms with Crippen LogP contribution in [0, 0.1) is 12.8 Å². The zero-order valence-electron chi connectivity index (χ0n) is 10.0. The molecule has 1 aromatic heterocycles. The molecule has 1 aliphatic heterocycles. The first-order valence-electron chi connectivity index (χ1n) is 6.18. The normalized spacial score (nSPS) is 21.1. The Morgan fingerprint density at radius 1 is 1.56 bits per heavy atom. The van der Waals surface area contributed by atoms with Crippen molar-refractivity contribution in [2.24, 2.45) is 11.7 Å². The van der Waals surface area contributed by atoms with Gasteiger partial charge in [-0.1, -0.05) is 6.07 Å². The Morgan fingerprint density at radius 2 is 2.44 bits per heavy atom. The Morgan fingerprint density at radius 3 is 3.19 bits per heavy atom. The summed E-state index contributed by atoms with van der Waals surface area (Å²) in [6, 6.07) is 4.13. The maximum Gasteiger partial charge on any atom is 0.131 e. The molecule has 0 amide bonds. The molecule has 0 aliphatic carbocycles. The van der Waals surface area contributed by atoms with Gasteiger partial charge in [0.1, 0.15) is 5.82 Å². The number of hydrogen-bond acceptors (Lipinski definition) is 3. The quantitative estimate of drug-likeness (QED) is 0.845. The maximum atomic E-state index is 5.64. The fourth-order valence-corrected chi connectivity index (χ4v) is 2.54. The summed E-state index contributed by atoms with van der Waals surface area (Å²) in [6.07, 6.45) is 5.61. The van der Waals surface area contributed by atoms with Crippen LogP contribution >= 0.6 is 0 Å². The molecule has 1 aliphatic rings. The summed E-state index contributed by atoms with van der Waals surface area (Å²) in [6.45, 7) is 5.20. The number of aryl methyl sites for hydroxylation is 1. The standard InChI is InChI=1S/C13H21N3/c1-11-4-2-8-15-13(11)16-9-3-5-12(10-16)6-7-14/h2,4,8,12H,3,5-7,9-10,14H2,1H3. The maximum absolute atomic E-state index is 5.64. The molecule has 1 fully saturated rings. The number of hydrogen-bond donors (Lipinski definition) is 1. The predicted octanol–water partition coefficient (Wildman–Crippen LogP) is 1.96. The van der Waals surface area contributed by atoms with Crippen molar-refractivity contribution >= 4 is 5.82 Å². The Bertz CT molecular complexity index is 336. The first kappa shape index (κ1) is 11.4. The van der Waals surface area contributed by atoms with E-state index in [0.29, 0.717) is 0 Å². The molecule has 0 saturated carbocycles. The summed E-state index contributed by atoms with van der Waals surface area (Å²) in [7, 11) is 0. The van der Waals surface area contributed by atoms with Crippen molar-refractivity contribution in [2.75, 3.05) is 24.5 Å². The molecular weight excluding hydrogens is 198 g/mol. The van der Waals surface area contributed by atoms with E-state index < -0.39 is 0 Å². The molecular formula is C13H21N3. The van der Waals surface area contributed by atoms with Gasteiger partial charge in [0.2, 0.25) is 0 Å². The van der Waals surface area contributed by atoms with Crippen molar-refractivity contribution in [3.63, 3.8) is 0 Å². The molecule has 1 aromatic rings. The van der Waals surface area contributed by atoms with Gasteiger partial charge in [-0.05, 0) is 50.3 Å². The molecule has 0 radical (unpaired) electrons. The summed E-state index contributed by atoms with van der Waals surface area (Å²) in [5.41, 5.74) is 6.91. The lowest BCUT2D eigenvalue weighted by molar-refractivity contribution is 0.394. The molecule has 2 heterocycles. The van der Waals surface area contributed by atoms with Gasteiger partial charge in [-0.3, -0.25) is 0 Å².